The van der Waals surface area contributed by atoms with Gasteiger partial charge in [-0.15, -0.1) is 0 Å². The van der Waals surface area contributed by atoms with Crippen molar-refractivity contribution in [2.24, 2.45) is 0 Å². The number of fused-ring (bicyclic) bond motifs is 1. The van der Waals surface area contributed by atoms with Crippen LogP contribution in [-0.2, 0) is 0 Å². The summed E-state index contributed by atoms with van der Waals surface area (Å²) in [7, 11) is 0. The van der Waals surface area contributed by atoms with Gasteiger partial charge >= 0.3 is 0 Å². The molecular weight excluding hydrogens is 359 g/mol. The van der Waals surface area contributed by atoms with Crippen LogP contribution in [0.2, 0.25) is 0 Å². The van der Waals surface area contributed by atoms with Gasteiger partial charge in [-0.2, -0.15) is 0 Å². The number of carbonyl (C=O) groups excluding carboxylic acids is 2. The van der Waals surface area contributed by atoms with Crippen LogP contribution in [0, 0.1) is 5.82 Å². The molecule has 0 saturated heterocycles. The number of hydrogen-bond acceptors (Lipinski definition) is 3. The van der Waals surface area contributed by atoms with Gasteiger partial charge in [0.15, 0.2) is 0 Å². The summed E-state index contributed by atoms with van der Waals surface area (Å²) in [6, 6.07) is 21.2. The van der Waals surface area contributed by atoms with Crippen LogP contribution in [0.3, 0.4) is 0 Å². The van der Waals surface area contributed by atoms with E-state index in [9.17, 15) is 14.0 Å². The monoisotopic (exact) mass is 374 g/mol. The molecule has 5 nitrogen and oxygen atoms in total. The normalized spacial score (nSPS) is 10.6. The van der Waals surface area contributed by atoms with Crippen molar-refractivity contribution < 1.29 is 18.4 Å². The second-order valence-corrected chi connectivity index (χ2v) is 6.09. The molecule has 0 fully saturated rings. The third-order valence-electron chi connectivity index (χ3n) is 4.16. The zero-order valence-electron chi connectivity index (χ0n) is 14.6. The number of carbonyl (C=O) groups is 2. The Bertz CT molecular complexity index is 1170. The molecule has 1 aromatic heterocycles. The van der Waals surface area contributed by atoms with Gasteiger partial charge < -0.3 is 15.1 Å². The second kappa shape index (κ2) is 7.36. The molecule has 0 saturated carbocycles. The van der Waals surface area contributed by atoms with Crippen LogP contribution in [0.15, 0.2) is 83.3 Å². The summed E-state index contributed by atoms with van der Waals surface area (Å²) in [5.74, 6) is -1.60. The van der Waals surface area contributed by atoms with Gasteiger partial charge in [-0.1, -0.05) is 36.4 Å². The first-order valence-electron chi connectivity index (χ1n) is 8.56. The average Bonchev–Trinajstić information content (AvgIpc) is 3.07. The largest absolute Gasteiger partial charge is 0.449 e. The lowest BCUT2D eigenvalue weighted by Gasteiger charge is -2.07. The number of halogens is 1. The number of anilines is 2. The molecule has 0 unspecified atom stereocenters. The van der Waals surface area contributed by atoms with E-state index in [4.69, 9.17) is 4.42 Å². The van der Waals surface area contributed by atoms with E-state index < -0.39 is 17.6 Å². The molecule has 138 valence electrons. The van der Waals surface area contributed by atoms with E-state index >= 15 is 0 Å². The van der Waals surface area contributed by atoms with Gasteiger partial charge in [-0.25, -0.2) is 4.39 Å². The lowest BCUT2D eigenvalue weighted by Crippen LogP contribution is -2.17. The topological polar surface area (TPSA) is 71.3 Å². The highest BCUT2D eigenvalue weighted by molar-refractivity contribution is 6.16. The van der Waals surface area contributed by atoms with Crippen molar-refractivity contribution in [3.05, 3.63) is 96.0 Å². The number of rotatable bonds is 4. The third-order valence-corrected chi connectivity index (χ3v) is 4.16. The Morgan fingerprint density at radius 3 is 2.32 bits per heavy atom. The van der Waals surface area contributed by atoms with E-state index in [1.54, 1.807) is 48.5 Å². The lowest BCUT2D eigenvalue weighted by atomic mass is 10.1. The van der Waals surface area contributed by atoms with Crippen LogP contribution < -0.4 is 10.6 Å². The highest BCUT2D eigenvalue weighted by Crippen LogP contribution is 2.32. The van der Waals surface area contributed by atoms with Crippen molar-refractivity contribution in [1.82, 2.24) is 0 Å². The molecule has 0 spiro atoms. The zero-order valence-corrected chi connectivity index (χ0v) is 14.6. The van der Waals surface area contributed by atoms with Crippen LogP contribution in [0.5, 0.6) is 0 Å². The van der Waals surface area contributed by atoms with Crippen molar-refractivity contribution in [1.29, 1.82) is 0 Å². The fourth-order valence-electron chi connectivity index (χ4n) is 2.85. The predicted octanol–water partition coefficient (Wildman–Crippen LogP) is 5.08. The van der Waals surface area contributed by atoms with Crippen molar-refractivity contribution in [2.75, 3.05) is 10.6 Å². The quantitative estimate of drug-likeness (QED) is 0.523. The smallest absolute Gasteiger partial charge is 0.293 e. The highest BCUT2D eigenvalue weighted by atomic mass is 19.1. The van der Waals surface area contributed by atoms with Crippen molar-refractivity contribution >= 4 is 34.2 Å². The molecule has 0 aliphatic heterocycles. The van der Waals surface area contributed by atoms with Crippen molar-refractivity contribution in [3.8, 4) is 0 Å². The minimum Gasteiger partial charge on any atom is -0.449 e. The van der Waals surface area contributed by atoms with E-state index in [1.165, 1.54) is 18.2 Å². The van der Waals surface area contributed by atoms with Gasteiger partial charge in [0.1, 0.15) is 17.1 Å². The molecule has 0 atom stereocenters. The van der Waals surface area contributed by atoms with Crippen LogP contribution >= 0.6 is 0 Å². The van der Waals surface area contributed by atoms with Crippen molar-refractivity contribution in [2.45, 2.75) is 0 Å². The first kappa shape index (κ1) is 17.5. The summed E-state index contributed by atoms with van der Waals surface area (Å²) in [6.07, 6.45) is 0. The molecule has 3 aromatic carbocycles. The Balaban J connectivity index is 1.71. The first-order valence-corrected chi connectivity index (χ1v) is 8.56. The van der Waals surface area contributed by atoms with Gasteiger partial charge in [0.25, 0.3) is 11.8 Å². The minimum absolute atomic E-state index is 0.0326. The molecule has 0 aliphatic rings. The van der Waals surface area contributed by atoms with E-state index in [1.807, 2.05) is 6.07 Å². The number of nitrogens with one attached hydrogen (secondary N) is 2. The van der Waals surface area contributed by atoms with Crippen LogP contribution in [0.25, 0.3) is 11.0 Å². The molecule has 0 radical (unpaired) electrons. The molecule has 4 rings (SSSR count). The number of para-hydroxylation sites is 2. The molecule has 4 aromatic rings. The maximum atomic E-state index is 13.4. The molecule has 2 amide bonds. The van der Waals surface area contributed by atoms with Gasteiger partial charge in [-0.05, 0) is 42.5 Å². The fourth-order valence-corrected chi connectivity index (χ4v) is 2.85. The SMILES string of the molecule is O=C(Nc1c(C(=O)Nc2ccccc2)oc2ccccc12)c1cccc(F)c1. The number of amides is 2. The minimum atomic E-state index is -0.542. The summed E-state index contributed by atoms with van der Waals surface area (Å²) in [4.78, 5) is 25.4. The van der Waals surface area contributed by atoms with Crippen LogP contribution in [0.4, 0.5) is 15.8 Å². The summed E-state index contributed by atoms with van der Waals surface area (Å²) in [5, 5.41) is 6.00. The maximum absolute atomic E-state index is 13.4. The fraction of sp³-hybridized carbons (Fsp3) is 0. The van der Waals surface area contributed by atoms with Gasteiger partial charge in [0, 0.05) is 16.6 Å². The molecule has 2 N–H and O–H groups in total. The summed E-state index contributed by atoms with van der Waals surface area (Å²) < 4.78 is 19.1. The zero-order chi connectivity index (χ0) is 19.5. The Morgan fingerprint density at radius 1 is 0.786 bits per heavy atom. The number of hydrogen-bond donors (Lipinski definition) is 2. The molecule has 0 bridgehead atoms. The summed E-state index contributed by atoms with van der Waals surface area (Å²) in [6.45, 7) is 0. The molecule has 28 heavy (non-hydrogen) atoms. The molecule has 6 heteroatoms. The van der Waals surface area contributed by atoms with E-state index in [0.29, 0.717) is 16.7 Å². The first-order chi connectivity index (χ1) is 13.6. The Hall–Kier alpha value is -3.93. The van der Waals surface area contributed by atoms with E-state index in [2.05, 4.69) is 10.6 Å². The molecular formula is C22H15FN2O3. The van der Waals surface area contributed by atoms with E-state index in [-0.39, 0.29) is 17.0 Å². The maximum Gasteiger partial charge on any atom is 0.293 e. The van der Waals surface area contributed by atoms with Crippen LogP contribution in [-0.4, -0.2) is 11.8 Å². The average molecular weight is 374 g/mol. The van der Waals surface area contributed by atoms with Crippen LogP contribution in [0.1, 0.15) is 20.9 Å². The van der Waals surface area contributed by atoms with Gasteiger partial charge in [0.05, 0.1) is 0 Å². The standard InChI is InChI=1S/C22H15FN2O3/c23-15-8-6-7-14(13-15)21(26)25-19-17-11-4-5-12-18(17)28-20(19)22(27)24-16-9-2-1-3-10-16/h1-13H,(H,24,27)(H,25,26). The van der Waals surface area contributed by atoms with E-state index in [0.717, 1.165) is 6.07 Å². The second-order valence-electron chi connectivity index (χ2n) is 6.09. The summed E-state index contributed by atoms with van der Waals surface area (Å²) >= 11 is 0. The lowest BCUT2D eigenvalue weighted by molar-refractivity contribution is 0.0999. The van der Waals surface area contributed by atoms with Crippen molar-refractivity contribution in [3.63, 3.8) is 0 Å². The van der Waals surface area contributed by atoms with Gasteiger partial charge in [0.2, 0.25) is 5.76 Å². The highest BCUT2D eigenvalue weighted by Gasteiger charge is 2.23. The molecule has 1 heterocycles. The number of benzene rings is 3. The molecule has 0 aliphatic carbocycles. The third kappa shape index (κ3) is 3.48. The summed E-state index contributed by atoms with van der Waals surface area (Å²) in [5.41, 5.74) is 1.42. The predicted molar refractivity (Wildman–Crippen MR) is 105 cm³/mol. The number of furan rings is 1. The Morgan fingerprint density at radius 2 is 1.54 bits per heavy atom. The Labute approximate surface area is 159 Å². The Kier molecular flexibility index (Phi) is 4.60. The van der Waals surface area contributed by atoms with Gasteiger partial charge in [-0.3, -0.25) is 9.59 Å².